The SMILES string of the molecule is Cc1cccc(NS(=O)(=O)c2ccc(C)c(C(=O)OCc3nc4c(C)cccc4c(=O)[nH]3)c2)c1. The summed E-state index contributed by atoms with van der Waals surface area (Å²) >= 11 is 0. The van der Waals surface area contributed by atoms with E-state index in [1.165, 1.54) is 12.1 Å². The van der Waals surface area contributed by atoms with Crippen molar-refractivity contribution in [2.75, 3.05) is 4.72 Å². The Bertz CT molecular complexity index is 1580. The average molecular weight is 478 g/mol. The molecule has 4 aromatic rings. The lowest BCUT2D eigenvalue weighted by molar-refractivity contribution is 0.0461. The monoisotopic (exact) mass is 477 g/mol. The van der Waals surface area contributed by atoms with Gasteiger partial charge in [0.1, 0.15) is 12.4 Å². The Balaban J connectivity index is 1.56. The third kappa shape index (κ3) is 4.84. The molecule has 0 aliphatic rings. The van der Waals surface area contributed by atoms with Gasteiger partial charge in [-0.2, -0.15) is 0 Å². The van der Waals surface area contributed by atoms with E-state index in [1.807, 2.05) is 26.0 Å². The number of esters is 1. The van der Waals surface area contributed by atoms with E-state index in [2.05, 4.69) is 14.7 Å². The number of hydrogen-bond acceptors (Lipinski definition) is 6. The van der Waals surface area contributed by atoms with Gasteiger partial charge in [-0.05, 0) is 67.8 Å². The Morgan fingerprint density at radius 3 is 2.53 bits per heavy atom. The van der Waals surface area contributed by atoms with Gasteiger partial charge < -0.3 is 9.72 Å². The van der Waals surface area contributed by atoms with Gasteiger partial charge >= 0.3 is 5.97 Å². The van der Waals surface area contributed by atoms with E-state index >= 15 is 0 Å². The highest BCUT2D eigenvalue weighted by Crippen LogP contribution is 2.21. The molecule has 1 aromatic heterocycles. The molecule has 0 unspecified atom stereocenters. The predicted octanol–water partition coefficient (Wildman–Crippen LogP) is 4.01. The van der Waals surface area contributed by atoms with E-state index in [4.69, 9.17) is 4.74 Å². The predicted molar refractivity (Wildman–Crippen MR) is 129 cm³/mol. The molecule has 0 fully saturated rings. The van der Waals surface area contributed by atoms with Gasteiger partial charge in [-0.3, -0.25) is 9.52 Å². The van der Waals surface area contributed by atoms with Crippen molar-refractivity contribution in [1.29, 1.82) is 0 Å². The minimum atomic E-state index is -3.92. The van der Waals surface area contributed by atoms with E-state index in [0.29, 0.717) is 22.2 Å². The number of nitrogens with zero attached hydrogens (tertiary/aromatic N) is 1. The molecular weight excluding hydrogens is 454 g/mol. The molecular formula is C25H23N3O5S. The lowest BCUT2D eigenvalue weighted by Crippen LogP contribution is -2.16. The van der Waals surface area contributed by atoms with Crippen LogP contribution >= 0.6 is 0 Å². The molecule has 0 aliphatic carbocycles. The summed E-state index contributed by atoms with van der Waals surface area (Å²) in [6.45, 7) is 5.11. The molecule has 1 heterocycles. The maximum Gasteiger partial charge on any atom is 0.338 e. The zero-order valence-corrected chi connectivity index (χ0v) is 19.7. The lowest BCUT2D eigenvalue weighted by atomic mass is 10.1. The molecule has 0 saturated carbocycles. The van der Waals surface area contributed by atoms with Gasteiger partial charge in [-0.15, -0.1) is 0 Å². The number of sulfonamides is 1. The fourth-order valence-electron chi connectivity index (χ4n) is 3.54. The third-order valence-corrected chi connectivity index (χ3v) is 6.72. The lowest BCUT2D eigenvalue weighted by Gasteiger charge is -2.12. The smallest absolute Gasteiger partial charge is 0.338 e. The van der Waals surface area contributed by atoms with Crippen molar-refractivity contribution in [3.05, 3.63) is 99.1 Å². The first-order valence-electron chi connectivity index (χ1n) is 10.5. The highest BCUT2D eigenvalue weighted by Gasteiger charge is 2.20. The summed E-state index contributed by atoms with van der Waals surface area (Å²) in [5, 5.41) is 0.449. The summed E-state index contributed by atoms with van der Waals surface area (Å²) in [6.07, 6.45) is 0. The van der Waals surface area contributed by atoms with Crippen LogP contribution in [0.1, 0.15) is 32.9 Å². The van der Waals surface area contributed by atoms with E-state index in [9.17, 15) is 18.0 Å². The molecule has 4 rings (SSSR count). The highest BCUT2D eigenvalue weighted by molar-refractivity contribution is 7.92. The summed E-state index contributed by atoms with van der Waals surface area (Å²) in [7, 11) is -3.92. The fourth-order valence-corrected chi connectivity index (χ4v) is 4.62. The quantitative estimate of drug-likeness (QED) is 0.405. The Hall–Kier alpha value is -3.98. The Labute approximate surface area is 196 Å². The van der Waals surface area contributed by atoms with E-state index in [-0.39, 0.29) is 28.4 Å². The van der Waals surface area contributed by atoms with E-state index in [0.717, 1.165) is 11.1 Å². The van der Waals surface area contributed by atoms with E-state index in [1.54, 1.807) is 43.3 Å². The van der Waals surface area contributed by atoms with Gasteiger partial charge in [-0.25, -0.2) is 18.2 Å². The number of aromatic amines is 1. The van der Waals surface area contributed by atoms with Crippen LogP contribution in [0, 0.1) is 20.8 Å². The first kappa shape index (κ1) is 23.2. The van der Waals surface area contributed by atoms with Crippen LogP contribution in [-0.2, 0) is 21.4 Å². The zero-order valence-electron chi connectivity index (χ0n) is 18.9. The molecule has 0 radical (unpaired) electrons. The van der Waals surface area contributed by atoms with Gasteiger partial charge in [0.25, 0.3) is 15.6 Å². The van der Waals surface area contributed by atoms with Gasteiger partial charge in [0.2, 0.25) is 0 Å². The number of rotatable bonds is 6. The summed E-state index contributed by atoms with van der Waals surface area (Å²) in [5.74, 6) is -0.527. The van der Waals surface area contributed by atoms with Crippen molar-refractivity contribution in [2.24, 2.45) is 0 Å². The number of H-pyrrole nitrogens is 1. The number of nitrogens with one attached hydrogen (secondary N) is 2. The fraction of sp³-hybridized carbons (Fsp3) is 0.160. The van der Waals surface area contributed by atoms with Crippen molar-refractivity contribution in [2.45, 2.75) is 32.3 Å². The molecule has 0 atom stereocenters. The van der Waals surface area contributed by atoms with E-state index < -0.39 is 16.0 Å². The van der Waals surface area contributed by atoms with Crippen LogP contribution in [0.4, 0.5) is 5.69 Å². The summed E-state index contributed by atoms with van der Waals surface area (Å²) < 4.78 is 33.6. The second-order valence-corrected chi connectivity index (χ2v) is 9.69. The number of hydrogen-bond donors (Lipinski definition) is 2. The first-order chi connectivity index (χ1) is 16.1. The molecule has 0 amide bonds. The molecule has 0 saturated heterocycles. The number of anilines is 1. The minimum absolute atomic E-state index is 0.0700. The van der Waals surface area contributed by atoms with Crippen LogP contribution in [0.2, 0.25) is 0 Å². The van der Waals surface area contributed by atoms with Crippen molar-refractivity contribution in [1.82, 2.24) is 9.97 Å². The minimum Gasteiger partial charge on any atom is -0.454 e. The largest absolute Gasteiger partial charge is 0.454 e. The maximum atomic E-state index is 12.9. The molecule has 34 heavy (non-hydrogen) atoms. The molecule has 0 bridgehead atoms. The Morgan fingerprint density at radius 2 is 1.76 bits per heavy atom. The topological polar surface area (TPSA) is 118 Å². The van der Waals surface area contributed by atoms with Crippen LogP contribution in [0.5, 0.6) is 0 Å². The number of carbonyl (C=O) groups is 1. The Kier molecular flexibility index (Phi) is 6.21. The summed E-state index contributed by atoms with van der Waals surface area (Å²) in [5.41, 5.74) is 3.01. The van der Waals surface area contributed by atoms with Crippen LogP contribution in [-0.4, -0.2) is 24.4 Å². The second kappa shape index (κ2) is 9.11. The summed E-state index contributed by atoms with van der Waals surface area (Å²) in [4.78, 5) is 32.1. The van der Waals surface area contributed by atoms with Crippen molar-refractivity contribution in [3.63, 3.8) is 0 Å². The number of aromatic nitrogens is 2. The highest BCUT2D eigenvalue weighted by atomic mass is 32.2. The molecule has 0 aliphatic heterocycles. The molecule has 8 nitrogen and oxygen atoms in total. The number of fused-ring (bicyclic) bond motifs is 1. The molecule has 0 spiro atoms. The number of benzene rings is 3. The van der Waals surface area contributed by atoms with Crippen LogP contribution in [0.25, 0.3) is 10.9 Å². The third-order valence-electron chi connectivity index (χ3n) is 5.34. The zero-order chi connectivity index (χ0) is 24.5. The number of aryl methyl sites for hydroxylation is 3. The number of carbonyl (C=O) groups excluding carboxylic acids is 1. The van der Waals surface area contributed by atoms with Crippen LogP contribution in [0.3, 0.4) is 0 Å². The van der Waals surface area contributed by atoms with Crippen molar-refractivity contribution in [3.8, 4) is 0 Å². The maximum absolute atomic E-state index is 12.9. The van der Waals surface area contributed by atoms with Crippen molar-refractivity contribution < 1.29 is 17.9 Å². The van der Waals surface area contributed by atoms with Crippen LogP contribution < -0.4 is 10.3 Å². The molecule has 9 heteroatoms. The first-order valence-corrected chi connectivity index (χ1v) is 12.0. The van der Waals surface area contributed by atoms with Gasteiger partial charge in [0, 0.05) is 5.69 Å². The standard InChI is InChI=1S/C25H23N3O5S/c1-15-6-4-8-18(12-15)28-34(31,32)19-11-10-16(2)21(13-19)25(30)33-14-22-26-23-17(3)7-5-9-20(23)24(29)27-22/h4-13,28H,14H2,1-3H3,(H,26,27,29). The number of para-hydroxylation sites is 1. The van der Waals surface area contributed by atoms with Gasteiger partial charge in [0.15, 0.2) is 0 Å². The molecule has 2 N–H and O–H groups in total. The Morgan fingerprint density at radius 1 is 1.00 bits per heavy atom. The van der Waals surface area contributed by atoms with Gasteiger partial charge in [0.05, 0.1) is 21.4 Å². The normalized spacial score (nSPS) is 11.4. The average Bonchev–Trinajstić information content (AvgIpc) is 2.78. The molecule has 174 valence electrons. The second-order valence-electron chi connectivity index (χ2n) is 8.01. The number of ether oxygens (including phenoxy) is 1. The molecule has 3 aromatic carbocycles. The van der Waals surface area contributed by atoms with Crippen molar-refractivity contribution >= 4 is 32.6 Å². The van der Waals surface area contributed by atoms with Crippen LogP contribution in [0.15, 0.2) is 70.4 Å². The summed E-state index contributed by atoms with van der Waals surface area (Å²) in [6, 6.07) is 16.5. The van der Waals surface area contributed by atoms with Gasteiger partial charge in [-0.1, -0.05) is 30.3 Å².